The van der Waals surface area contributed by atoms with E-state index >= 15 is 0 Å². The van der Waals surface area contributed by atoms with Crippen molar-refractivity contribution < 1.29 is 14.2 Å². The summed E-state index contributed by atoms with van der Waals surface area (Å²) >= 11 is 0. The summed E-state index contributed by atoms with van der Waals surface area (Å²) in [6.07, 6.45) is 3.52. The van der Waals surface area contributed by atoms with Crippen molar-refractivity contribution in [2.75, 3.05) is 19.9 Å². The predicted molar refractivity (Wildman–Crippen MR) is 97.6 cm³/mol. The Balaban J connectivity index is 0.00000168. The van der Waals surface area contributed by atoms with Crippen LogP contribution in [0, 0.1) is 6.92 Å². The molecule has 3 aliphatic rings. The Morgan fingerprint density at radius 1 is 1.19 bits per heavy atom. The molecule has 1 saturated heterocycles. The molecule has 7 nitrogen and oxygen atoms in total. The first-order chi connectivity index (χ1) is 12.3. The summed E-state index contributed by atoms with van der Waals surface area (Å²) in [5, 5.41) is 8.24. The zero-order valence-corrected chi connectivity index (χ0v) is 15.5. The van der Waals surface area contributed by atoms with Gasteiger partial charge in [-0.05, 0) is 38.3 Å². The molecule has 5 rings (SSSR count). The van der Waals surface area contributed by atoms with Gasteiger partial charge in [0.25, 0.3) is 0 Å². The number of aromatic nitrogens is 3. The highest BCUT2D eigenvalue weighted by atomic mass is 35.5. The van der Waals surface area contributed by atoms with Gasteiger partial charge >= 0.3 is 0 Å². The van der Waals surface area contributed by atoms with Crippen LogP contribution in [0.3, 0.4) is 0 Å². The van der Waals surface area contributed by atoms with Crippen LogP contribution in [0.1, 0.15) is 36.8 Å². The number of fused-ring (bicyclic) bond motifs is 2. The van der Waals surface area contributed by atoms with E-state index in [0.29, 0.717) is 18.1 Å². The van der Waals surface area contributed by atoms with Gasteiger partial charge in [0, 0.05) is 24.6 Å². The molecule has 1 saturated carbocycles. The minimum atomic E-state index is 0. The van der Waals surface area contributed by atoms with Crippen molar-refractivity contribution >= 4 is 12.4 Å². The van der Waals surface area contributed by atoms with Gasteiger partial charge in [-0.1, -0.05) is 0 Å². The molecular formula is C18H23ClN4O3. The minimum Gasteiger partial charge on any atom is -0.454 e. The third kappa shape index (κ3) is 3.04. The quantitative estimate of drug-likeness (QED) is 0.865. The fourth-order valence-corrected chi connectivity index (χ4v) is 4.15. The molecule has 2 fully saturated rings. The Morgan fingerprint density at radius 3 is 3.00 bits per heavy atom. The molecule has 2 aliphatic heterocycles. The van der Waals surface area contributed by atoms with Gasteiger partial charge in [0.15, 0.2) is 11.5 Å². The number of nitrogens with one attached hydrogen (secondary N) is 1. The largest absolute Gasteiger partial charge is 0.454 e. The molecule has 0 spiro atoms. The van der Waals surface area contributed by atoms with Gasteiger partial charge in [0.2, 0.25) is 6.79 Å². The summed E-state index contributed by atoms with van der Waals surface area (Å²) in [5.41, 5.74) is 0.967. The molecule has 1 N–H and O–H groups in total. The Hall–Kier alpha value is -1.83. The van der Waals surface area contributed by atoms with Gasteiger partial charge in [-0.25, -0.2) is 9.67 Å². The SMILES string of the molecule is Cc1nc([C@H]2CC[C@H]3OCCN[C@@H]3C2)n(-c2ccc3c(c2)OCO3)n1.Cl. The molecule has 26 heavy (non-hydrogen) atoms. The smallest absolute Gasteiger partial charge is 0.231 e. The van der Waals surface area contributed by atoms with Crippen molar-refractivity contribution in [3.05, 3.63) is 29.8 Å². The molecule has 3 heterocycles. The highest BCUT2D eigenvalue weighted by Gasteiger charge is 2.35. The van der Waals surface area contributed by atoms with Gasteiger partial charge in [-0.15, -0.1) is 12.4 Å². The lowest BCUT2D eigenvalue weighted by Crippen LogP contribution is -2.51. The molecule has 0 bridgehead atoms. The van der Waals surface area contributed by atoms with E-state index < -0.39 is 0 Å². The third-order valence-electron chi connectivity index (χ3n) is 5.33. The standard InChI is InChI=1S/C18H22N4O3.ClH/c1-11-20-18(12-2-4-15-14(8-12)19-6-7-23-15)22(21-11)13-3-5-16-17(9-13)25-10-24-16;/h3,5,9,12,14-15,19H,2,4,6-8,10H2,1H3;1H/t12-,14+,15+;/m0./s1. The normalized spacial score (nSPS) is 26.9. The number of halogens is 1. The second kappa shape index (κ2) is 7.06. The molecular weight excluding hydrogens is 356 g/mol. The Morgan fingerprint density at radius 2 is 2.08 bits per heavy atom. The van der Waals surface area contributed by atoms with E-state index in [1.165, 1.54) is 0 Å². The Kier molecular flexibility index (Phi) is 4.77. The second-order valence-electron chi connectivity index (χ2n) is 6.95. The van der Waals surface area contributed by atoms with E-state index in [9.17, 15) is 0 Å². The zero-order valence-electron chi connectivity index (χ0n) is 14.7. The van der Waals surface area contributed by atoms with Gasteiger partial charge in [-0.2, -0.15) is 5.10 Å². The fraction of sp³-hybridized carbons (Fsp3) is 0.556. The maximum absolute atomic E-state index is 5.90. The maximum atomic E-state index is 5.90. The van der Waals surface area contributed by atoms with Crippen molar-refractivity contribution in [1.29, 1.82) is 0 Å². The first kappa shape index (κ1) is 17.6. The summed E-state index contributed by atoms with van der Waals surface area (Å²) in [7, 11) is 0. The summed E-state index contributed by atoms with van der Waals surface area (Å²) in [6.45, 7) is 3.97. The monoisotopic (exact) mass is 378 g/mol. The topological polar surface area (TPSA) is 70.4 Å². The van der Waals surface area contributed by atoms with Crippen LogP contribution < -0.4 is 14.8 Å². The van der Waals surface area contributed by atoms with Crippen LogP contribution in [-0.2, 0) is 4.74 Å². The van der Waals surface area contributed by atoms with Crippen LogP contribution in [0.15, 0.2) is 18.2 Å². The number of ether oxygens (including phenoxy) is 3. The van der Waals surface area contributed by atoms with Crippen LogP contribution in [0.4, 0.5) is 0 Å². The van der Waals surface area contributed by atoms with Gasteiger partial charge in [-0.3, -0.25) is 0 Å². The van der Waals surface area contributed by atoms with Crippen LogP contribution in [0.2, 0.25) is 0 Å². The van der Waals surface area contributed by atoms with Crippen molar-refractivity contribution in [3.8, 4) is 17.2 Å². The zero-order chi connectivity index (χ0) is 16.8. The number of rotatable bonds is 2. The Labute approximate surface area is 158 Å². The van der Waals surface area contributed by atoms with Crippen LogP contribution >= 0.6 is 12.4 Å². The number of aryl methyl sites for hydroxylation is 1. The van der Waals surface area contributed by atoms with Crippen LogP contribution in [-0.4, -0.2) is 46.9 Å². The fourth-order valence-electron chi connectivity index (χ4n) is 4.15. The average Bonchev–Trinajstić information content (AvgIpc) is 3.27. The number of nitrogens with zero attached hydrogens (tertiary/aromatic N) is 3. The summed E-state index contributed by atoms with van der Waals surface area (Å²) in [4.78, 5) is 4.75. The van der Waals surface area contributed by atoms with Gasteiger partial charge < -0.3 is 19.5 Å². The second-order valence-corrected chi connectivity index (χ2v) is 6.95. The number of hydrogen-bond acceptors (Lipinski definition) is 6. The average molecular weight is 379 g/mol. The van der Waals surface area contributed by atoms with E-state index in [4.69, 9.17) is 19.2 Å². The van der Waals surface area contributed by atoms with Crippen molar-refractivity contribution in [1.82, 2.24) is 20.1 Å². The van der Waals surface area contributed by atoms with E-state index in [1.807, 2.05) is 29.8 Å². The summed E-state index contributed by atoms with van der Waals surface area (Å²) in [6, 6.07) is 6.34. The van der Waals surface area contributed by atoms with E-state index in [0.717, 1.165) is 61.2 Å². The van der Waals surface area contributed by atoms with Gasteiger partial charge in [0.05, 0.1) is 18.4 Å². The number of benzene rings is 1. The predicted octanol–water partition coefficient (Wildman–Crippen LogP) is 2.35. The highest BCUT2D eigenvalue weighted by molar-refractivity contribution is 5.85. The molecule has 1 aromatic carbocycles. The Bertz CT molecular complexity index is 797. The summed E-state index contributed by atoms with van der Waals surface area (Å²) < 4.78 is 18.8. The molecule has 140 valence electrons. The molecule has 1 aliphatic carbocycles. The van der Waals surface area contributed by atoms with Crippen LogP contribution in [0.5, 0.6) is 11.5 Å². The lowest BCUT2D eigenvalue weighted by molar-refractivity contribution is -0.0280. The van der Waals surface area contributed by atoms with Crippen molar-refractivity contribution in [3.63, 3.8) is 0 Å². The lowest BCUT2D eigenvalue weighted by Gasteiger charge is -2.39. The number of hydrogen-bond donors (Lipinski definition) is 1. The van der Waals surface area contributed by atoms with E-state index in [1.54, 1.807) is 0 Å². The lowest BCUT2D eigenvalue weighted by atomic mass is 9.82. The maximum Gasteiger partial charge on any atom is 0.231 e. The van der Waals surface area contributed by atoms with Crippen molar-refractivity contribution in [2.24, 2.45) is 0 Å². The van der Waals surface area contributed by atoms with E-state index in [-0.39, 0.29) is 19.2 Å². The van der Waals surface area contributed by atoms with Gasteiger partial charge in [0.1, 0.15) is 11.6 Å². The molecule has 8 heteroatoms. The number of morpholine rings is 1. The van der Waals surface area contributed by atoms with Crippen LogP contribution in [0.25, 0.3) is 5.69 Å². The molecule has 0 unspecified atom stereocenters. The molecule has 1 aromatic heterocycles. The minimum absolute atomic E-state index is 0. The molecule has 0 radical (unpaired) electrons. The third-order valence-corrected chi connectivity index (χ3v) is 5.33. The molecule has 0 amide bonds. The highest BCUT2D eigenvalue weighted by Crippen LogP contribution is 2.37. The van der Waals surface area contributed by atoms with Crippen molar-refractivity contribution in [2.45, 2.75) is 44.2 Å². The molecule has 3 atom stereocenters. The summed E-state index contributed by atoms with van der Waals surface area (Å²) in [5.74, 6) is 3.75. The van der Waals surface area contributed by atoms with E-state index in [2.05, 4.69) is 10.4 Å². The first-order valence-electron chi connectivity index (χ1n) is 8.96. The first-order valence-corrected chi connectivity index (χ1v) is 8.96. The molecule has 2 aromatic rings.